The molecule has 2 saturated heterocycles. The van der Waals surface area contributed by atoms with Gasteiger partial charge in [0.25, 0.3) is 0 Å². The fraction of sp³-hybridized carbons (Fsp3) is 0.882. The molecule has 2 aliphatic rings. The molecule has 0 unspecified atom stereocenters. The second kappa shape index (κ2) is 8.78. The van der Waals surface area contributed by atoms with Crippen LogP contribution in [-0.2, 0) is 14.3 Å². The van der Waals surface area contributed by atoms with Gasteiger partial charge in [-0.25, -0.2) is 0 Å². The monoisotopic (exact) mass is 340 g/mol. The lowest BCUT2D eigenvalue weighted by molar-refractivity contribution is -0.149. The molecule has 0 aromatic heterocycles. The van der Waals surface area contributed by atoms with Gasteiger partial charge in [-0.05, 0) is 26.7 Å². The summed E-state index contributed by atoms with van der Waals surface area (Å²) >= 11 is 0. The van der Waals surface area contributed by atoms with E-state index in [1.54, 1.807) is 0 Å². The molecule has 0 saturated carbocycles. The zero-order valence-corrected chi connectivity index (χ0v) is 15.1. The maximum absolute atomic E-state index is 12.9. The SMILES string of the molecule is CCN(CC)C(=O)CN1CCN(C(=O)C2(CN)CCOCC2)CC1. The van der Waals surface area contributed by atoms with Crippen LogP contribution in [0.5, 0.6) is 0 Å². The first-order chi connectivity index (χ1) is 11.6. The molecule has 2 N–H and O–H groups in total. The standard InChI is InChI=1S/C17H32N4O3/c1-3-20(4-2)15(22)13-19-7-9-21(10-8-19)16(23)17(14-18)5-11-24-12-6-17/h3-14,18H2,1-2H3. The van der Waals surface area contributed by atoms with E-state index in [4.69, 9.17) is 10.5 Å². The number of ether oxygens (including phenoxy) is 1. The van der Waals surface area contributed by atoms with E-state index in [9.17, 15) is 9.59 Å². The highest BCUT2D eigenvalue weighted by molar-refractivity contribution is 5.83. The molecule has 0 atom stereocenters. The van der Waals surface area contributed by atoms with Gasteiger partial charge in [0, 0.05) is 59.0 Å². The number of nitrogens with zero attached hydrogens (tertiary/aromatic N) is 3. The van der Waals surface area contributed by atoms with Crippen molar-refractivity contribution in [1.29, 1.82) is 0 Å². The Balaban J connectivity index is 1.85. The molecule has 138 valence electrons. The predicted molar refractivity (Wildman–Crippen MR) is 92.5 cm³/mol. The van der Waals surface area contributed by atoms with Gasteiger partial charge in [-0.3, -0.25) is 14.5 Å². The molecule has 0 spiro atoms. The molecule has 2 heterocycles. The summed E-state index contributed by atoms with van der Waals surface area (Å²) < 4.78 is 5.39. The highest BCUT2D eigenvalue weighted by Crippen LogP contribution is 2.32. The van der Waals surface area contributed by atoms with Crippen molar-refractivity contribution in [2.45, 2.75) is 26.7 Å². The fourth-order valence-electron chi connectivity index (χ4n) is 3.58. The van der Waals surface area contributed by atoms with E-state index in [0.29, 0.717) is 52.2 Å². The van der Waals surface area contributed by atoms with Crippen molar-refractivity contribution >= 4 is 11.8 Å². The Bertz CT molecular complexity index is 426. The number of hydrogen-bond donors (Lipinski definition) is 1. The smallest absolute Gasteiger partial charge is 0.236 e. The second-order valence-corrected chi connectivity index (χ2v) is 6.73. The molecular formula is C17H32N4O3. The van der Waals surface area contributed by atoms with E-state index in [2.05, 4.69) is 4.90 Å². The van der Waals surface area contributed by atoms with Crippen molar-refractivity contribution < 1.29 is 14.3 Å². The second-order valence-electron chi connectivity index (χ2n) is 6.73. The topological polar surface area (TPSA) is 79.1 Å². The Kier molecular flexibility index (Phi) is 7.01. The predicted octanol–water partition coefficient (Wildman–Crippen LogP) is -0.245. The van der Waals surface area contributed by atoms with E-state index in [-0.39, 0.29) is 11.8 Å². The number of carbonyl (C=O) groups is 2. The Morgan fingerprint density at radius 2 is 1.67 bits per heavy atom. The van der Waals surface area contributed by atoms with Crippen LogP contribution in [-0.4, -0.2) is 92.1 Å². The molecular weight excluding hydrogens is 308 g/mol. The van der Waals surface area contributed by atoms with Crippen LogP contribution < -0.4 is 5.73 Å². The average molecular weight is 340 g/mol. The Morgan fingerprint density at radius 1 is 1.08 bits per heavy atom. The van der Waals surface area contributed by atoms with E-state index in [0.717, 1.165) is 26.2 Å². The van der Waals surface area contributed by atoms with Crippen molar-refractivity contribution in [2.24, 2.45) is 11.1 Å². The summed E-state index contributed by atoms with van der Waals surface area (Å²) in [4.78, 5) is 31.1. The lowest BCUT2D eigenvalue weighted by atomic mass is 9.78. The summed E-state index contributed by atoms with van der Waals surface area (Å²) in [5.74, 6) is 0.339. The van der Waals surface area contributed by atoms with Crippen molar-refractivity contribution in [2.75, 3.05) is 65.6 Å². The number of likely N-dealkylation sites (N-methyl/N-ethyl adjacent to an activating group) is 1. The number of piperazine rings is 1. The van der Waals surface area contributed by atoms with E-state index >= 15 is 0 Å². The van der Waals surface area contributed by atoms with Crippen molar-refractivity contribution in [1.82, 2.24) is 14.7 Å². The number of nitrogens with two attached hydrogens (primary N) is 1. The van der Waals surface area contributed by atoms with Crippen molar-refractivity contribution in [3.63, 3.8) is 0 Å². The summed E-state index contributed by atoms with van der Waals surface area (Å²) in [6.45, 7) is 10.4. The number of hydrogen-bond acceptors (Lipinski definition) is 5. The normalized spacial score (nSPS) is 21.5. The van der Waals surface area contributed by atoms with Crippen LogP contribution in [0.2, 0.25) is 0 Å². The summed E-state index contributed by atoms with van der Waals surface area (Å²) in [5.41, 5.74) is 5.49. The van der Waals surface area contributed by atoms with Crippen LogP contribution in [0.15, 0.2) is 0 Å². The summed E-state index contributed by atoms with van der Waals surface area (Å²) in [6.07, 6.45) is 1.42. The molecule has 7 heteroatoms. The van der Waals surface area contributed by atoms with Gasteiger partial charge in [-0.2, -0.15) is 0 Å². The molecule has 24 heavy (non-hydrogen) atoms. The average Bonchev–Trinajstić information content (AvgIpc) is 2.63. The summed E-state index contributed by atoms with van der Waals surface area (Å²) in [6, 6.07) is 0. The van der Waals surface area contributed by atoms with Gasteiger partial charge >= 0.3 is 0 Å². The van der Waals surface area contributed by atoms with Crippen LogP contribution in [0.4, 0.5) is 0 Å². The molecule has 0 radical (unpaired) electrons. The van der Waals surface area contributed by atoms with Gasteiger partial charge in [0.2, 0.25) is 11.8 Å². The third kappa shape index (κ3) is 4.26. The van der Waals surface area contributed by atoms with Crippen molar-refractivity contribution in [3.8, 4) is 0 Å². The molecule has 7 nitrogen and oxygen atoms in total. The Labute approximate surface area is 145 Å². The molecule has 0 aromatic carbocycles. The molecule has 2 fully saturated rings. The van der Waals surface area contributed by atoms with Gasteiger partial charge in [-0.15, -0.1) is 0 Å². The highest BCUT2D eigenvalue weighted by Gasteiger charge is 2.42. The van der Waals surface area contributed by atoms with Gasteiger partial charge in [0.05, 0.1) is 12.0 Å². The zero-order chi connectivity index (χ0) is 17.6. The zero-order valence-electron chi connectivity index (χ0n) is 15.1. The fourth-order valence-corrected chi connectivity index (χ4v) is 3.58. The molecule has 2 aliphatic heterocycles. The Hall–Kier alpha value is -1.18. The minimum Gasteiger partial charge on any atom is -0.381 e. The Morgan fingerprint density at radius 3 is 2.17 bits per heavy atom. The van der Waals surface area contributed by atoms with Gasteiger partial charge in [-0.1, -0.05) is 0 Å². The maximum Gasteiger partial charge on any atom is 0.236 e. The molecule has 2 amide bonds. The maximum atomic E-state index is 12.9. The summed E-state index contributed by atoms with van der Waals surface area (Å²) in [5, 5.41) is 0. The van der Waals surface area contributed by atoms with Crippen LogP contribution in [0.25, 0.3) is 0 Å². The molecule has 0 aromatic rings. The van der Waals surface area contributed by atoms with Crippen LogP contribution >= 0.6 is 0 Å². The minimum atomic E-state index is -0.447. The lowest BCUT2D eigenvalue weighted by Crippen LogP contribution is -2.57. The van der Waals surface area contributed by atoms with E-state index in [1.165, 1.54) is 0 Å². The third-order valence-corrected chi connectivity index (χ3v) is 5.43. The number of carbonyl (C=O) groups excluding carboxylic acids is 2. The van der Waals surface area contributed by atoms with Gasteiger partial charge in [0.1, 0.15) is 0 Å². The largest absolute Gasteiger partial charge is 0.381 e. The number of amides is 2. The molecule has 2 rings (SSSR count). The van der Waals surface area contributed by atoms with Crippen LogP contribution in [0.3, 0.4) is 0 Å². The van der Waals surface area contributed by atoms with E-state index < -0.39 is 5.41 Å². The minimum absolute atomic E-state index is 0.169. The van der Waals surface area contributed by atoms with E-state index in [1.807, 2.05) is 23.6 Å². The number of rotatable bonds is 6. The third-order valence-electron chi connectivity index (χ3n) is 5.43. The van der Waals surface area contributed by atoms with Gasteiger partial charge < -0.3 is 20.3 Å². The molecule has 0 bridgehead atoms. The first-order valence-corrected chi connectivity index (χ1v) is 9.13. The molecule has 0 aliphatic carbocycles. The van der Waals surface area contributed by atoms with Crippen molar-refractivity contribution in [3.05, 3.63) is 0 Å². The quantitative estimate of drug-likeness (QED) is 0.722. The lowest BCUT2D eigenvalue weighted by Gasteiger charge is -2.42. The first-order valence-electron chi connectivity index (χ1n) is 9.13. The summed E-state index contributed by atoms with van der Waals surface area (Å²) in [7, 11) is 0. The van der Waals surface area contributed by atoms with Gasteiger partial charge in [0.15, 0.2) is 0 Å². The first kappa shape index (κ1) is 19.1. The van der Waals surface area contributed by atoms with Crippen LogP contribution in [0, 0.1) is 5.41 Å². The highest BCUT2D eigenvalue weighted by atomic mass is 16.5. The van der Waals surface area contributed by atoms with Crippen LogP contribution in [0.1, 0.15) is 26.7 Å².